The second kappa shape index (κ2) is 5.89. The molecule has 0 bridgehead atoms. The number of aryl methyl sites for hydroxylation is 1. The Morgan fingerprint density at radius 1 is 0.957 bits per heavy atom. The molecule has 0 N–H and O–H groups in total. The monoisotopic (exact) mass is 327 g/mol. The molecule has 1 heterocycles. The van der Waals surface area contributed by atoms with Crippen molar-refractivity contribution in [3.8, 4) is 5.75 Å². The number of imide groups is 1. The van der Waals surface area contributed by atoms with Gasteiger partial charge in [-0.05, 0) is 24.6 Å². The van der Waals surface area contributed by atoms with E-state index in [2.05, 4.69) is 0 Å². The summed E-state index contributed by atoms with van der Waals surface area (Å²) in [6.07, 6.45) is 0. The number of halogens is 1. The number of hydrogen-bond acceptors (Lipinski definition) is 3. The fourth-order valence-electron chi connectivity index (χ4n) is 2.51. The summed E-state index contributed by atoms with van der Waals surface area (Å²) < 4.78 is 5.24. The molecular weight excluding hydrogens is 314 g/mol. The number of anilines is 1. The van der Waals surface area contributed by atoms with E-state index in [0.717, 1.165) is 10.5 Å². The van der Waals surface area contributed by atoms with Crippen LogP contribution in [0.4, 0.5) is 5.69 Å². The van der Waals surface area contributed by atoms with Crippen LogP contribution in [-0.4, -0.2) is 18.9 Å². The minimum Gasteiger partial charge on any atom is -0.495 e. The van der Waals surface area contributed by atoms with Crippen LogP contribution in [0.2, 0.25) is 0 Å². The lowest BCUT2D eigenvalue weighted by Crippen LogP contribution is -2.31. The van der Waals surface area contributed by atoms with Crippen molar-refractivity contribution in [1.29, 1.82) is 0 Å². The summed E-state index contributed by atoms with van der Waals surface area (Å²) in [7, 11) is 1.49. The van der Waals surface area contributed by atoms with Gasteiger partial charge in [0.15, 0.2) is 0 Å². The molecule has 5 heteroatoms. The second-order valence-electron chi connectivity index (χ2n) is 5.17. The molecule has 0 unspecified atom stereocenters. The maximum absolute atomic E-state index is 12.8. The first-order valence-electron chi connectivity index (χ1n) is 7.03. The van der Waals surface area contributed by atoms with Crippen LogP contribution in [0.25, 0.3) is 5.57 Å². The lowest BCUT2D eigenvalue weighted by molar-refractivity contribution is -0.119. The maximum Gasteiger partial charge on any atom is 0.277 e. The zero-order valence-electron chi connectivity index (χ0n) is 12.7. The average Bonchev–Trinajstić information content (AvgIpc) is 2.78. The Bertz CT molecular complexity index is 824. The van der Waals surface area contributed by atoms with E-state index in [1.54, 1.807) is 36.4 Å². The van der Waals surface area contributed by atoms with Crippen LogP contribution in [0, 0.1) is 6.92 Å². The van der Waals surface area contributed by atoms with Crippen molar-refractivity contribution in [2.24, 2.45) is 0 Å². The Morgan fingerprint density at radius 2 is 1.61 bits per heavy atom. The van der Waals surface area contributed by atoms with Gasteiger partial charge in [-0.3, -0.25) is 9.59 Å². The number of hydrogen-bond donors (Lipinski definition) is 0. The summed E-state index contributed by atoms with van der Waals surface area (Å²) in [4.78, 5) is 26.3. The number of rotatable bonds is 3. The van der Waals surface area contributed by atoms with Crippen molar-refractivity contribution >= 4 is 34.7 Å². The highest BCUT2D eigenvalue weighted by molar-refractivity contribution is 6.60. The van der Waals surface area contributed by atoms with Crippen LogP contribution in [0.3, 0.4) is 0 Å². The standard InChI is InChI=1S/C18H14ClNO3/c1-11-7-9-12(10-8-11)15-16(19)18(22)20(17(15)21)13-5-3-4-6-14(13)23-2/h3-10H,1-2H3. The van der Waals surface area contributed by atoms with E-state index < -0.39 is 11.8 Å². The van der Waals surface area contributed by atoms with E-state index in [-0.39, 0.29) is 10.6 Å². The molecule has 1 aliphatic heterocycles. The summed E-state index contributed by atoms with van der Waals surface area (Å²) in [6, 6.07) is 14.1. The molecule has 116 valence electrons. The summed E-state index contributed by atoms with van der Waals surface area (Å²) in [6.45, 7) is 1.95. The zero-order valence-corrected chi connectivity index (χ0v) is 13.4. The SMILES string of the molecule is COc1ccccc1N1C(=O)C(Cl)=C(c2ccc(C)cc2)C1=O. The van der Waals surface area contributed by atoms with Crippen molar-refractivity contribution in [2.45, 2.75) is 6.92 Å². The molecule has 2 amide bonds. The molecule has 3 rings (SSSR count). The average molecular weight is 328 g/mol. The van der Waals surface area contributed by atoms with E-state index in [1.807, 2.05) is 19.1 Å². The number of nitrogens with zero attached hydrogens (tertiary/aromatic N) is 1. The van der Waals surface area contributed by atoms with Gasteiger partial charge in [-0.2, -0.15) is 0 Å². The molecule has 1 aliphatic rings. The normalized spacial score (nSPS) is 14.7. The topological polar surface area (TPSA) is 46.6 Å². The van der Waals surface area contributed by atoms with Gasteiger partial charge < -0.3 is 4.74 Å². The molecule has 0 atom stereocenters. The van der Waals surface area contributed by atoms with Crippen LogP contribution in [0.1, 0.15) is 11.1 Å². The summed E-state index contributed by atoms with van der Waals surface area (Å²) in [5.41, 5.74) is 2.27. The smallest absolute Gasteiger partial charge is 0.277 e. The molecular formula is C18H14ClNO3. The van der Waals surface area contributed by atoms with E-state index in [1.165, 1.54) is 7.11 Å². The molecule has 0 aromatic heterocycles. The number of methoxy groups -OCH3 is 1. The largest absolute Gasteiger partial charge is 0.495 e. The van der Waals surface area contributed by atoms with Gasteiger partial charge >= 0.3 is 0 Å². The van der Waals surface area contributed by atoms with Gasteiger partial charge in [-0.15, -0.1) is 0 Å². The van der Waals surface area contributed by atoms with Crippen molar-refractivity contribution in [3.63, 3.8) is 0 Å². The number of benzene rings is 2. The Balaban J connectivity index is 2.07. The summed E-state index contributed by atoms with van der Waals surface area (Å²) in [5, 5.41) is -0.0789. The third-order valence-electron chi connectivity index (χ3n) is 3.69. The van der Waals surface area contributed by atoms with Crippen LogP contribution >= 0.6 is 11.6 Å². The first-order valence-corrected chi connectivity index (χ1v) is 7.41. The second-order valence-corrected chi connectivity index (χ2v) is 5.55. The third-order valence-corrected chi connectivity index (χ3v) is 4.04. The Labute approximate surface area is 138 Å². The van der Waals surface area contributed by atoms with Crippen molar-refractivity contribution in [2.75, 3.05) is 12.0 Å². The Kier molecular flexibility index (Phi) is 3.92. The Morgan fingerprint density at radius 3 is 2.26 bits per heavy atom. The highest BCUT2D eigenvalue weighted by atomic mass is 35.5. The van der Waals surface area contributed by atoms with Crippen LogP contribution in [-0.2, 0) is 9.59 Å². The summed E-state index contributed by atoms with van der Waals surface area (Å²) >= 11 is 6.16. The molecule has 2 aromatic rings. The van der Waals surface area contributed by atoms with Crippen molar-refractivity contribution < 1.29 is 14.3 Å². The van der Waals surface area contributed by atoms with E-state index in [0.29, 0.717) is 17.0 Å². The number of carbonyl (C=O) groups is 2. The maximum atomic E-state index is 12.8. The molecule has 0 saturated carbocycles. The van der Waals surface area contributed by atoms with E-state index in [4.69, 9.17) is 16.3 Å². The van der Waals surface area contributed by atoms with Gasteiger partial charge in [0.25, 0.3) is 11.8 Å². The lowest BCUT2D eigenvalue weighted by Gasteiger charge is -2.17. The first kappa shape index (κ1) is 15.3. The predicted octanol–water partition coefficient (Wildman–Crippen LogP) is 3.53. The van der Waals surface area contributed by atoms with Gasteiger partial charge in [-0.25, -0.2) is 4.90 Å². The molecule has 4 nitrogen and oxygen atoms in total. The van der Waals surface area contributed by atoms with E-state index in [9.17, 15) is 9.59 Å². The third kappa shape index (κ3) is 2.51. The van der Waals surface area contributed by atoms with Gasteiger partial charge in [-0.1, -0.05) is 53.6 Å². The van der Waals surface area contributed by atoms with Gasteiger partial charge in [0.05, 0.1) is 18.4 Å². The number of ether oxygens (including phenoxy) is 1. The fourth-order valence-corrected chi connectivity index (χ4v) is 2.78. The van der Waals surface area contributed by atoms with Gasteiger partial charge in [0, 0.05) is 0 Å². The minimum atomic E-state index is -0.545. The predicted molar refractivity (Wildman–Crippen MR) is 89.4 cm³/mol. The number of amides is 2. The van der Waals surface area contributed by atoms with Gasteiger partial charge in [0.2, 0.25) is 0 Å². The highest BCUT2D eigenvalue weighted by Crippen LogP contribution is 2.38. The molecule has 0 spiro atoms. The number of carbonyl (C=O) groups excluding carboxylic acids is 2. The highest BCUT2D eigenvalue weighted by Gasteiger charge is 2.40. The molecule has 0 saturated heterocycles. The minimum absolute atomic E-state index is 0.0789. The number of para-hydroxylation sites is 2. The van der Waals surface area contributed by atoms with Crippen LogP contribution in [0.5, 0.6) is 5.75 Å². The van der Waals surface area contributed by atoms with Crippen molar-refractivity contribution in [1.82, 2.24) is 0 Å². The first-order chi connectivity index (χ1) is 11.0. The zero-order chi connectivity index (χ0) is 16.6. The van der Waals surface area contributed by atoms with Crippen molar-refractivity contribution in [3.05, 3.63) is 64.7 Å². The van der Waals surface area contributed by atoms with E-state index >= 15 is 0 Å². The molecule has 0 aliphatic carbocycles. The summed E-state index contributed by atoms with van der Waals surface area (Å²) in [5.74, 6) is -0.561. The quantitative estimate of drug-likeness (QED) is 0.810. The lowest BCUT2D eigenvalue weighted by atomic mass is 10.0. The molecule has 0 fully saturated rings. The fraction of sp³-hybridized carbons (Fsp3) is 0.111. The molecule has 2 aromatic carbocycles. The molecule has 23 heavy (non-hydrogen) atoms. The Hall–Kier alpha value is -2.59. The van der Waals surface area contributed by atoms with Crippen LogP contribution in [0.15, 0.2) is 53.6 Å². The van der Waals surface area contributed by atoms with Crippen LogP contribution < -0.4 is 9.64 Å². The van der Waals surface area contributed by atoms with Gasteiger partial charge in [0.1, 0.15) is 10.8 Å². The molecule has 0 radical (unpaired) electrons.